The van der Waals surface area contributed by atoms with Crippen LogP contribution in [0.25, 0.3) is 0 Å². The summed E-state index contributed by atoms with van der Waals surface area (Å²) in [5.41, 5.74) is 0.140. The number of aliphatic hydroxyl groups is 1. The molecule has 0 saturated carbocycles. The van der Waals surface area contributed by atoms with Crippen LogP contribution in [0.1, 0.15) is 22.8 Å². The van der Waals surface area contributed by atoms with Gasteiger partial charge < -0.3 is 9.84 Å². The van der Waals surface area contributed by atoms with Crippen LogP contribution in [-0.2, 0) is 0 Å². The van der Waals surface area contributed by atoms with Crippen LogP contribution in [-0.4, -0.2) is 12.2 Å². The van der Waals surface area contributed by atoms with E-state index < -0.39 is 23.6 Å². The van der Waals surface area contributed by atoms with Crippen molar-refractivity contribution in [2.75, 3.05) is 7.11 Å². The Morgan fingerprint density at radius 3 is 2.35 bits per heavy atom. The highest BCUT2D eigenvalue weighted by Gasteiger charge is 2.21. The lowest BCUT2D eigenvalue weighted by Crippen LogP contribution is -2.06. The summed E-state index contributed by atoms with van der Waals surface area (Å²) in [6, 6.07) is 5.45. The number of methoxy groups -OCH3 is 1. The molecule has 0 heterocycles. The maximum absolute atomic E-state index is 13.8. The Balaban J connectivity index is 2.54. The fourth-order valence-corrected chi connectivity index (χ4v) is 1.98. The molecule has 0 aromatic heterocycles. The fraction of sp³-hybridized carbons (Fsp3) is 0.200. The summed E-state index contributed by atoms with van der Waals surface area (Å²) in [6.45, 7) is 1.45. The van der Waals surface area contributed by atoms with E-state index in [1.807, 2.05) is 0 Å². The minimum atomic E-state index is -1.44. The third-order valence-electron chi connectivity index (χ3n) is 3.06. The Labute approximate surface area is 114 Å². The lowest BCUT2D eigenvalue weighted by atomic mass is 9.98. The van der Waals surface area contributed by atoms with Crippen molar-refractivity contribution >= 4 is 0 Å². The molecule has 0 aliphatic heterocycles. The van der Waals surface area contributed by atoms with Gasteiger partial charge in [-0.3, -0.25) is 0 Å². The summed E-state index contributed by atoms with van der Waals surface area (Å²) >= 11 is 0. The van der Waals surface area contributed by atoms with Gasteiger partial charge in [-0.2, -0.15) is 0 Å². The summed E-state index contributed by atoms with van der Waals surface area (Å²) < 4.78 is 45.3. The van der Waals surface area contributed by atoms with Crippen LogP contribution in [0.15, 0.2) is 30.3 Å². The molecule has 0 aliphatic rings. The topological polar surface area (TPSA) is 29.5 Å². The molecule has 0 bridgehead atoms. The zero-order valence-electron chi connectivity index (χ0n) is 11.0. The average molecular weight is 282 g/mol. The van der Waals surface area contributed by atoms with Gasteiger partial charge in [0.1, 0.15) is 29.3 Å². The number of ether oxygens (including phenoxy) is 1. The van der Waals surface area contributed by atoms with E-state index in [1.165, 1.54) is 32.2 Å². The summed E-state index contributed by atoms with van der Waals surface area (Å²) in [5, 5.41) is 10.2. The molecular weight excluding hydrogens is 269 g/mol. The monoisotopic (exact) mass is 282 g/mol. The summed E-state index contributed by atoms with van der Waals surface area (Å²) in [7, 11) is 1.36. The SMILES string of the molecule is COc1ccc(F)cc1C(O)c1cc(C)c(F)cc1F. The molecular formula is C15H13F3O2. The van der Waals surface area contributed by atoms with Crippen molar-refractivity contribution in [3.63, 3.8) is 0 Å². The zero-order chi connectivity index (χ0) is 14.9. The van der Waals surface area contributed by atoms with Crippen molar-refractivity contribution in [1.82, 2.24) is 0 Å². The van der Waals surface area contributed by atoms with Crippen LogP contribution in [0, 0.1) is 24.4 Å². The lowest BCUT2D eigenvalue weighted by molar-refractivity contribution is 0.208. The van der Waals surface area contributed by atoms with Crippen LogP contribution in [0.3, 0.4) is 0 Å². The Hall–Kier alpha value is -2.01. The molecule has 0 radical (unpaired) electrons. The standard InChI is InChI=1S/C15H13F3O2/c1-8-5-10(13(18)7-12(8)17)15(19)11-6-9(16)3-4-14(11)20-2/h3-7,15,19H,1-2H3. The smallest absolute Gasteiger partial charge is 0.132 e. The molecule has 2 rings (SSSR count). The van der Waals surface area contributed by atoms with Gasteiger partial charge in [-0.25, -0.2) is 13.2 Å². The van der Waals surface area contributed by atoms with Gasteiger partial charge in [0.25, 0.3) is 0 Å². The van der Waals surface area contributed by atoms with Crippen molar-refractivity contribution in [3.8, 4) is 5.75 Å². The summed E-state index contributed by atoms with van der Waals surface area (Å²) in [5.74, 6) is -1.96. The number of rotatable bonds is 3. The van der Waals surface area contributed by atoms with Gasteiger partial charge in [0, 0.05) is 17.2 Å². The highest BCUT2D eigenvalue weighted by molar-refractivity contribution is 5.42. The summed E-state index contributed by atoms with van der Waals surface area (Å²) in [4.78, 5) is 0. The first-order valence-corrected chi connectivity index (χ1v) is 5.91. The predicted molar refractivity (Wildman–Crippen MR) is 68.1 cm³/mol. The third kappa shape index (κ3) is 2.63. The molecule has 5 heteroatoms. The Kier molecular flexibility index (Phi) is 3.99. The molecule has 2 nitrogen and oxygen atoms in total. The molecule has 0 aliphatic carbocycles. The van der Waals surface area contributed by atoms with Gasteiger partial charge >= 0.3 is 0 Å². The highest BCUT2D eigenvalue weighted by Crippen LogP contribution is 2.32. The maximum Gasteiger partial charge on any atom is 0.132 e. The van der Waals surface area contributed by atoms with Crippen molar-refractivity contribution in [3.05, 3.63) is 64.5 Å². The van der Waals surface area contributed by atoms with E-state index in [4.69, 9.17) is 4.74 Å². The molecule has 0 amide bonds. The molecule has 1 N–H and O–H groups in total. The molecule has 1 unspecified atom stereocenters. The Morgan fingerprint density at radius 1 is 1.00 bits per heavy atom. The van der Waals surface area contributed by atoms with E-state index in [9.17, 15) is 18.3 Å². The first-order valence-electron chi connectivity index (χ1n) is 5.91. The lowest BCUT2D eigenvalue weighted by Gasteiger charge is -2.16. The van der Waals surface area contributed by atoms with Gasteiger partial charge in [-0.1, -0.05) is 0 Å². The second-order valence-electron chi connectivity index (χ2n) is 4.41. The largest absolute Gasteiger partial charge is 0.496 e. The molecule has 0 saturated heterocycles. The first kappa shape index (κ1) is 14.4. The molecule has 1 atom stereocenters. The van der Waals surface area contributed by atoms with Crippen LogP contribution in [0.5, 0.6) is 5.75 Å². The number of aliphatic hydroxyl groups excluding tert-OH is 1. The van der Waals surface area contributed by atoms with E-state index in [0.717, 1.165) is 6.07 Å². The van der Waals surface area contributed by atoms with E-state index in [2.05, 4.69) is 0 Å². The molecule has 0 fully saturated rings. The minimum absolute atomic E-state index is 0.0809. The molecule has 106 valence electrons. The zero-order valence-corrected chi connectivity index (χ0v) is 11.0. The van der Waals surface area contributed by atoms with Crippen LogP contribution < -0.4 is 4.74 Å². The maximum atomic E-state index is 13.8. The molecule has 0 spiro atoms. The molecule has 20 heavy (non-hydrogen) atoms. The number of hydrogen-bond donors (Lipinski definition) is 1. The quantitative estimate of drug-likeness (QED) is 0.933. The Bertz CT molecular complexity index is 641. The van der Waals surface area contributed by atoms with Gasteiger partial charge in [0.05, 0.1) is 7.11 Å². The van der Waals surface area contributed by atoms with Crippen LogP contribution in [0.2, 0.25) is 0 Å². The van der Waals surface area contributed by atoms with Crippen molar-refractivity contribution < 1.29 is 23.0 Å². The van der Waals surface area contributed by atoms with Crippen molar-refractivity contribution in [2.45, 2.75) is 13.0 Å². The van der Waals surface area contributed by atoms with Gasteiger partial charge in [0.2, 0.25) is 0 Å². The first-order chi connectivity index (χ1) is 9.43. The molecule has 2 aromatic carbocycles. The van der Waals surface area contributed by atoms with E-state index in [1.54, 1.807) is 0 Å². The number of halogens is 3. The van der Waals surface area contributed by atoms with Crippen LogP contribution in [0.4, 0.5) is 13.2 Å². The number of benzene rings is 2. The summed E-state index contributed by atoms with van der Waals surface area (Å²) in [6.07, 6.45) is -1.44. The Morgan fingerprint density at radius 2 is 1.70 bits per heavy atom. The normalized spacial score (nSPS) is 12.3. The average Bonchev–Trinajstić information content (AvgIpc) is 2.42. The van der Waals surface area contributed by atoms with Gasteiger partial charge in [-0.05, 0) is 36.8 Å². The van der Waals surface area contributed by atoms with Crippen LogP contribution >= 0.6 is 0 Å². The van der Waals surface area contributed by atoms with Crippen molar-refractivity contribution in [1.29, 1.82) is 0 Å². The number of hydrogen-bond acceptors (Lipinski definition) is 2. The van der Waals surface area contributed by atoms with Gasteiger partial charge in [-0.15, -0.1) is 0 Å². The van der Waals surface area contributed by atoms with Gasteiger partial charge in [0.15, 0.2) is 0 Å². The predicted octanol–water partition coefficient (Wildman–Crippen LogP) is 3.50. The third-order valence-corrected chi connectivity index (χ3v) is 3.06. The highest BCUT2D eigenvalue weighted by atomic mass is 19.1. The van der Waals surface area contributed by atoms with Crippen molar-refractivity contribution in [2.24, 2.45) is 0 Å². The van der Waals surface area contributed by atoms with E-state index in [0.29, 0.717) is 6.07 Å². The second-order valence-corrected chi connectivity index (χ2v) is 4.41. The van der Waals surface area contributed by atoms with E-state index in [-0.39, 0.29) is 22.4 Å². The molecule has 2 aromatic rings. The second kappa shape index (κ2) is 5.54. The fourth-order valence-electron chi connectivity index (χ4n) is 1.98. The minimum Gasteiger partial charge on any atom is -0.496 e. The van der Waals surface area contributed by atoms with E-state index >= 15 is 0 Å². The number of aryl methyl sites for hydroxylation is 1.